The molecule has 2 N–H and O–H groups in total. The summed E-state index contributed by atoms with van der Waals surface area (Å²) in [4.78, 5) is 10.8. The SMILES string of the molecule is CC1=CCC1N1CCc2c([nH]c3ccccc23)C1c1ccc(O)cn1. The maximum Gasteiger partial charge on any atom is 0.133 e. The van der Waals surface area contributed by atoms with E-state index in [4.69, 9.17) is 0 Å². The lowest BCUT2D eigenvalue weighted by Crippen LogP contribution is -2.46. The molecule has 0 radical (unpaired) electrons. The van der Waals surface area contributed by atoms with Crippen LogP contribution in [0.5, 0.6) is 5.75 Å². The maximum atomic E-state index is 9.65. The Kier molecular flexibility index (Phi) is 3.22. The second-order valence-corrected chi connectivity index (χ2v) is 7.09. The van der Waals surface area contributed by atoms with Gasteiger partial charge < -0.3 is 10.1 Å². The van der Waals surface area contributed by atoms with Crippen LogP contribution >= 0.6 is 0 Å². The van der Waals surface area contributed by atoms with E-state index >= 15 is 0 Å². The van der Waals surface area contributed by atoms with E-state index in [1.165, 1.54) is 27.7 Å². The van der Waals surface area contributed by atoms with Gasteiger partial charge in [0.15, 0.2) is 0 Å². The van der Waals surface area contributed by atoms with Crippen molar-refractivity contribution in [3.63, 3.8) is 0 Å². The molecule has 0 fully saturated rings. The predicted molar refractivity (Wildman–Crippen MR) is 98.6 cm³/mol. The van der Waals surface area contributed by atoms with Crippen molar-refractivity contribution in [2.24, 2.45) is 0 Å². The zero-order valence-corrected chi connectivity index (χ0v) is 14.2. The summed E-state index contributed by atoms with van der Waals surface area (Å²) in [5, 5.41) is 11.0. The molecule has 2 atom stereocenters. The molecule has 1 aromatic carbocycles. The number of hydrogen-bond donors (Lipinski definition) is 2. The van der Waals surface area contributed by atoms with E-state index in [0.717, 1.165) is 25.1 Å². The smallest absolute Gasteiger partial charge is 0.133 e. The van der Waals surface area contributed by atoms with Crippen molar-refractivity contribution in [2.75, 3.05) is 6.54 Å². The summed E-state index contributed by atoms with van der Waals surface area (Å²) in [6.07, 6.45) is 6.02. The minimum Gasteiger partial charge on any atom is -0.506 e. The molecular formula is C21H21N3O. The van der Waals surface area contributed by atoms with Crippen LogP contribution in [0.25, 0.3) is 10.9 Å². The molecule has 25 heavy (non-hydrogen) atoms. The van der Waals surface area contributed by atoms with Gasteiger partial charge in [0, 0.05) is 29.2 Å². The number of pyridine rings is 1. The fraction of sp³-hybridized carbons (Fsp3) is 0.286. The van der Waals surface area contributed by atoms with Crippen LogP contribution < -0.4 is 0 Å². The van der Waals surface area contributed by atoms with E-state index in [2.05, 4.69) is 52.1 Å². The highest BCUT2D eigenvalue weighted by atomic mass is 16.3. The third kappa shape index (κ3) is 2.21. The van der Waals surface area contributed by atoms with Gasteiger partial charge in [0.25, 0.3) is 0 Å². The molecule has 126 valence electrons. The highest BCUT2D eigenvalue weighted by Crippen LogP contribution is 2.42. The normalized spacial score (nSPS) is 23.2. The molecule has 3 heterocycles. The van der Waals surface area contributed by atoms with Crippen LogP contribution in [0.4, 0.5) is 0 Å². The average molecular weight is 331 g/mol. The Bertz CT molecular complexity index is 970. The second-order valence-electron chi connectivity index (χ2n) is 7.09. The van der Waals surface area contributed by atoms with Gasteiger partial charge >= 0.3 is 0 Å². The van der Waals surface area contributed by atoms with Crippen LogP contribution in [0.1, 0.15) is 36.3 Å². The Hall–Kier alpha value is -2.59. The first-order valence-electron chi connectivity index (χ1n) is 8.89. The summed E-state index contributed by atoms with van der Waals surface area (Å²) in [5.74, 6) is 0.211. The van der Waals surface area contributed by atoms with Gasteiger partial charge in [0.1, 0.15) is 5.75 Å². The third-order valence-electron chi connectivity index (χ3n) is 5.71. The number of H-pyrrole nitrogens is 1. The number of aromatic hydroxyl groups is 1. The van der Waals surface area contributed by atoms with Gasteiger partial charge in [-0.1, -0.05) is 29.8 Å². The number of aromatic amines is 1. The molecule has 1 aliphatic heterocycles. The monoisotopic (exact) mass is 331 g/mol. The maximum absolute atomic E-state index is 9.65. The molecule has 2 unspecified atom stereocenters. The molecule has 4 nitrogen and oxygen atoms in total. The van der Waals surface area contributed by atoms with E-state index in [0.29, 0.717) is 6.04 Å². The minimum atomic E-state index is 0.102. The van der Waals surface area contributed by atoms with Crippen LogP contribution in [-0.2, 0) is 6.42 Å². The van der Waals surface area contributed by atoms with E-state index in [-0.39, 0.29) is 11.8 Å². The minimum absolute atomic E-state index is 0.102. The summed E-state index contributed by atoms with van der Waals surface area (Å²) in [7, 11) is 0. The number of aromatic nitrogens is 2. The second kappa shape index (κ2) is 5.46. The Morgan fingerprint density at radius 2 is 2.08 bits per heavy atom. The largest absolute Gasteiger partial charge is 0.506 e. The Balaban J connectivity index is 1.68. The zero-order valence-electron chi connectivity index (χ0n) is 14.2. The van der Waals surface area contributed by atoms with Crippen molar-refractivity contribution in [2.45, 2.75) is 31.8 Å². The molecule has 4 heteroatoms. The molecule has 1 aliphatic carbocycles. The fourth-order valence-electron chi connectivity index (χ4n) is 4.33. The van der Waals surface area contributed by atoms with Gasteiger partial charge in [-0.2, -0.15) is 0 Å². The predicted octanol–water partition coefficient (Wildman–Crippen LogP) is 3.93. The summed E-state index contributed by atoms with van der Waals surface area (Å²) >= 11 is 0. The van der Waals surface area contributed by atoms with Gasteiger partial charge in [0.05, 0.1) is 17.9 Å². The summed E-state index contributed by atoms with van der Waals surface area (Å²) < 4.78 is 0. The molecule has 2 aromatic heterocycles. The van der Waals surface area contributed by atoms with Gasteiger partial charge in [-0.05, 0) is 43.5 Å². The van der Waals surface area contributed by atoms with Crippen molar-refractivity contribution in [1.82, 2.24) is 14.9 Å². The number of benzene rings is 1. The molecule has 0 spiro atoms. The first kappa shape index (κ1) is 14.7. The molecule has 0 saturated carbocycles. The van der Waals surface area contributed by atoms with Crippen LogP contribution in [0.15, 0.2) is 54.2 Å². The summed E-state index contributed by atoms with van der Waals surface area (Å²) in [6.45, 7) is 3.24. The Labute approximate surface area is 146 Å². The van der Waals surface area contributed by atoms with Crippen LogP contribution in [0.2, 0.25) is 0 Å². The van der Waals surface area contributed by atoms with Crippen molar-refractivity contribution < 1.29 is 5.11 Å². The van der Waals surface area contributed by atoms with Gasteiger partial charge in [-0.3, -0.25) is 9.88 Å². The average Bonchev–Trinajstić information content (AvgIpc) is 3.00. The summed E-state index contributed by atoms with van der Waals surface area (Å²) in [6, 6.07) is 12.8. The van der Waals surface area contributed by atoms with E-state index in [9.17, 15) is 5.11 Å². The number of nitrogens with zero attached hydrogens (tertiary/aromatic N) is 2. The van der Waals surface area contributed by atoms with Crippen LogP contribution in [0.3, 0.4) is 0 Å². The lowest BCUT2D eigenvalue weighted by molar-refractivity contribution is 0.151. The van der Waals surface area contributed by atoms with Crippen molar-refractivity contribution in [3.05, 3.63) is 71.2 Å². The number of para-hydroxylation sites is 1. The number of rotatable bonds is 2. The Morgan fingerprint density at radius 3 is 2.80 bits per heavy atom. The molecule has 0 bridgehead atoms. The van der Waals surface area contributed by atoms with E-state index in [1.54, 1.807) is 12.3 Å². The number of hydrogen-bond acceptors (Lipinski definition) is 3. The highest BCUT2D eigenvalue weighted by molar-refractivity contribution is 5.85. The quantitative estimate of drug-likeness (QED) is 0.700. The van der Waals surface area contributed by atoms with Gasteiger partial charge in [-0.25, -0.2) is 0 Å². The van der Waals surface area contributed by atoms with Crippen molar-refractivity contribution in [3.8, 4) is 5.75 Å². The Morgan fingerprint density at radius 1 is 1.20 bits per heavy atom. The zero-order chi connectivity index (χ0) is 17.0. The lowest BCUT2D eigenvalue weighted by atomic mass is 9.86. The van der Waals surface area contributed by atoms with Crippen molar-refractivity contribution in [1.29, 1.82) is 0 Å². The number of nitrogens with one attached hydrogen (secondary N) is 1. The standard InChI is InChI=1S/C21H21N3O/c1-13-6-9-19(13)24-11-10-16-15-4-2-3-5-17(15)23-20(16)21(24)18-8-7-14(25)12-22-18/h2-8,12,19,21,23,25H,9-11H2,1H3. The molecular weight excluding hydrogens is 310 g/mol. The third-order valence-corrected chi connectivity index (χ3v) is 5.71. The summed E-state index contributed by atoms with van der Waals surface area (Å²) in [5.41, 5.74) is 6.30. The van der Waals surface area contributed by atoms with Crippen LogP contribution in [-0.4, -0.2) is 32.6 Å². The fourth-order valence-corrected chi connectivity index (χ4v) is 4.33. The van der Waals surface area contributed by atoms with Crippen LogP contribution in [0, 0.1) is 0 Å². The van der Waals surface area contributed by atoms with E-state index in [1.807, 2.05) is 6.07 Å². The molecule has 0 amide bonds. The first-order chi connectivity index (χ1) is 12.2. The number of fused-ring (bicyclic) bond motifs is 3. The van der Waals surface area contributed by atoms with Gasteiger partial charge in [0.2, 0.25) is 0 Å². The van der Waals surface area contributed by atoms with E-state index < -0.39 is 0 Å². The molecule has 3 aromatic rings. The van der Waals surface area contributed by atoms with Crippen molar-refractivity contribution >= 4 is 10.9 Å². The highest BCUT2D eigenvalue weighted by Gasteiger charge is 2.38. The lowest BCUT2D eigenvalue weighted by Gasteiger charge is -2.44. The topological polar surface area (TPSA) is 52.2 Å². The molecule has 2 aliphatic rings. The first-order valence-corrected chi connectivity index (χ1v) is 8.89. The van der Waals surface area contributed by atoms with Gasteiger partial charge in [-0.15, -0.1) is 0 Å². The molecule has 5 rings (SSSR count). The molecule has 0 saturated heterocycles.